The van der Waals surface area contributed by atoms with E-state index in [1.807, 2.05) is 39.0 Å². The van der Waals surface area contributed by atoms with Crippen molar-refractivity contribution in [1.29, 1.82) is 0 Å². The van der Waals surface area contributed by atoms with Crippen molar-refractivity contribution < 1.29 is 19.1 Å². The number of carbonyl (C=O) groups is 2. The first-order valence-corrected chi connectivity index (χ1v) is 9.73. The number of hydrogen-bond acceptors (Lipinski definition) is 5. The number of halogens is 1. The Kier molecular flexibility index (Phi) is 5.19. The Morgan fingerprint density at radius 3 is 2.73 bits per heavy atom. The van der Waals surface area contributed by atoms with E-state index in [0.717, 1.165) is 15.7 Å². The van der Waals surface area contributed by atoms with Crippen LogP contribution in [0.5, 0.6) is 0 Å². The van der Waals surface area contributed by atoms with Crippen molar-refractivity contribution in [1.82, 2.24) is 4.90 Å². The number of fused-ring (bicyclic) bond motifs is 3. The number of rotatable bonds is 2. The summed E-state index contributed by atoms with van der Waals surface area (Å²) in [5.41, 5.74) is 1.28. The van der Waals surface area contributed by atoms with E-state index in [1.54, 1.807) is 11.8 Å². The first kappa shape index (κ1) is 19.0. The maximum absolute atomic E-state index is 12.8. The summed E-state index contributed by atoms with van der Waals surface area (Å²) in [6.45, 7) is 8.24. The molecule has 0 unspecified atom stereocenters. The Labute approximate surface area is 162 Å². The summed E-state index contributed by atoms with van der Waals surface area (Å²) in [6.07, 6.45) is 0.368. The van der Waals surface area contributed by atoms with E-state index in [4.69, 9.17) is 9.47 Å². The Morgan fingerprint density at radius 1 is 1.35 bits per heavy atom. The summed E-state index contributed by atoms with van der Waals surface area (Å²) in [4.78, 5) is 27.0. The molecule has 7 heteroatoms. The van der Waals surface area contributed by atoms with E-state index in [2.05, 4.69) is 21.2 Å². The highest BCUT2D eigenvalue weighted by molar-refractivity contribution is 9.10. The van der Waals surface area contributed by atoms with Crippen molar-refractivity contribution in [2.24, 2.45) is 5.92 Å². The number of benzene rings is 1. The number of amides is 1. The van der Waals surface area contributed by atoms with Gasteiger partial charge in [0.05, 0.1) is 12.6 Å². The lowest BCUT2D eigenvalue weighted by Crippen LogP contribution is -2.46. The molecule has 1 aromatic rings. The number of esters is 1. The van der Waals surface area contributed by atoms with Crippen LogP contribution in [0.3, 0.4) is 0 Å². The maximum Gasteiger partial charge on any atom is 0.410 e. The van der Waals surface area contributed by atoms with Gasteiger partial charge in [-0.15, -0.1) is 0 Å². The topological polar surface area (TPSA) is 67.9 Å². The molecule has 0 bridgehead atoms. The molecule has 1 amide bonds. The second kappa shape index (κ2) is 7.10. The second-order valence-corrected chi connectivity index (χ2v) is 8.59. The van der Waals surface area contributed by atoms with Crippen LogP contribution in [0, 0.1) is 5.92 Å². The predicted molar refractivity (Wildman–Crippen MR) is 102 cm³/mol. The Balaban J connectivity index is 1.97. The molecule has 142 valence electrons. The molecular weight excluding hydrogens is 400 g/mol. The van der Waals surface area contributed by atoms with Crippen molar-refractivity contribution in [3.63, 3.8) is 0 Å². The third-order valence-corrected chi connectivity index (χ3v) is 5.18. The van der Waals surface area contributed by atoms with Gasteiger partial charge in [-0.3, -0.25) is 0 Å². The van der Waals surface area contributed by atoms with Crippen LogP contribution in [0.15, 0.2) is 22.7 Å². The third kappa shape index (κ3) is 3.68. The van der Waals surface area contributed by atoms with E-state index in [1.165, 1.54) is 0 Å². The molecule has 0 spiro atoms. The predicted octanol–water partition coefficient (Wildman–Crippen LogP) is 4.10. The van der Waals surface area contributed by atoms with Gasteiger partial charge in [0.15, 0.2) is 0 Å². The summed E-state index contributed by atoms with van der Waals surface area (Å²) >= 11 is 3.51. The zero-order chi connectivity index (χ0) is 19.1. The first-order chi connectivity index (χ1) is 12.2. The van der Waals surface area contributed by atoms with Gasteiger partial charge in [0.1, 0.15) is 11.6 Å². The van der Waals surface area contributed by atoms with Crippen LogP contribution in [0.4, 0.5) is 10.5 Å². The van der Waals surface area contributed by atoms with Crippen LogP contribution >= 0.6 is 15.9 Å². The number of likely N-dealkylation sites (tertiary alicyclic amines) is 1. The highest BCUT2D eigenvalue weighted by Gasteiger charge is 2.49. The molecule has 0 radical (unpaired) electrons. The van der Waals surface area contributed by atoms with Crippen molar-refractivity contribution in [3.8, 4) is 0 Å². The fraction of sp³-hybridized carbons (Fsp3) is 0.579. The van der Waals surface area contributed by atoms with E-state index >= 15 is 0 Å². The first-order valence-electron chi connectivity index (χ1n) is 8.93. The Hall–Kier alpha value is -1.76. The lowest BCUT2D eigenvalue weighted by atomic mass is 9.83. The molecule has 1 fully saturated rings. The zero-order valence-electron chi connectivity index (χ0n) is 15.5. The Morgan fingerprint density at radius 2 is 2.08 bits per heavy atom. The van der Waals surface area contributed by atoms with Crippen LogP contribution < -0.4 is 5.32 Å². The minimum absolute atomic E-state index is 0.0524. The standard InChI is InChI=1S/C19H25BrN2O4/c1-5-25-17(23)15-12-8-9-22(18(24)26-19(2,3)4)16(12)13-10-11(20)6-7-14(13)21-15/h6-7,10,12,15-16,21H,5,8-9H2,1-4H3/t12-,15+,16-/m1/s1. The molecule has 1 N–H and O–H groups in total. The lowest BCUT2D eigenvalue weighted by molar-refractivity contribution is -0.145. The molecule has 2 heterocycles. The fourth-order valence-corrected chi connectivity index (χ4v) is 4.12. The molecule has 3 rings (SSSR count). The smallest absolute Gasteiger partial charge is 0.410 e. The van der Waals surface area contributed by atoms with Crippen LogP contribution in [-0.4, -0.2) is 41.8 Å². The fourth-order valence-electron chi connectivity index (χ4n) is 3.74. The van der Waals surface area contributed by atoms with Crippen molar-refractivity contribution in [2.75, 3.05) is 18.5 Å². The minimum Gasteiger partial charge on any atom is -0.464 e. The molecular formula is C19H25BrN2O4. The number of nitrogens with one attached hydrogen (secondary N) is 1. The van der Waals surface area contributed by atoms with Crippen molar-refractivity contribution in [2.45, 2.75) is 51.8 Å². The highest BCUT2D eigenvalue weighted by Crippen LogP contribution is 2.47. The molecule has 6 nitrogen and oxygen atoms in total. The molecule has 1 saturated heterocycles. The number of nitrogens with zero attached hydrogens (tertiary/aromatic N) is 1. The average molecular weight is 425 g/mol. The second-order valence-electron chi connectivity index (χ2n) is 7.68. The summed E-state index contributed by atoms with van der Waals surface area (Å²) in [5, 5.41) is 3.31. The Bertz CT molecular complexity index is 716. The van der Waals surface area contributed by atoms with Gasteiger partial charge in [0.2, 0.25) is 0 Å². The summed E-state index contributed by atoms with van der Waals surface area (Å²) in [5.74, 6) is -0.328. The van der Waals surface area contributed by atoms with Gasteiger partial charge < -0.3 is 19.7 Å². The molecule has 0 aromatic heterocycles. The van der Waals surface area contributed by atoms with Gasteiger partial charge in [-0.1, -0.05) is 15.9 Å². The zero-order valence-corrected chi connectivity index (χ0v) is 17.1. The van der Waals surface area contributed by atoms with Gasteiger partial charge in [-0.25, -0.2) is 9.59 Å². The third-order valence-electron chi connectivity index (χ3n) is 4.68. The minimum atomic E-state index is -0.567. The normalized spacial score (nSPS) is 24.3. The van der Waals surface area contributed by atoms with Gasteiger partial charge in [0.25, 0.3) is 0 Å². The molecule has 0 saturated carbocycles. The summed E-state index contributed by atoms with van der Waals surface area (Å²) in [7, 11) is 0. The van der Waals surface area contributed by atoms with E-state index in [-0.39, 0.29) is 24.0 Å². The van der Waals surface area contributed by atoms with Crippen molar-refractivity contribution in [3.05, 3.63) is 28.2 Å². The highest BCUT2D eigenvalue weighted by atomic mass is 79.9. The number of anilines is 1. The van der Waals surface area contributed by atoms with Gasteiger partial charge in [-0.2, -0.15) is 0 Å². The molecule has 3 atom stereocenters. The average Bonchev–Trinajstić information content (AvgIpc) is 2.98. The van der Waals surface area contributed by atoms with E-state index in [0.29, 0.717) is 19.6 Å². The van der Waals surface area contributed by atoms with Crippen LogP contribution in [-0.2, 0) is 14.3 Å². The van der Waals surface area contributed by atoms with Gasteiger partial charge in [-0.05, 0) is 57.9 Å². The summed E-state index contributed by atoms with van der Waals surface area (Å²) < 4.78 is 11.8. The quantitative estimate of drug-likeness (QED) is 0.723. The van der Waals surface area contributed by atoms with Crippen molar-refractivity contribution >= 4 is 33.7 Å². The van der Waals surface area contributed by atoms with E-state index in [9.17, 15) is 9.59 Å². The lowest BCUT2D eigenvalue weighted by Gasteiger charge is -2.38. The number of hydrogen-bond donors (Lipinski definition) is 1. The molecule has 2 aliphatic heterocycles. The molecule has 26 heavy (non-hydrogen) atoms. The molecule has 2 aliphatic rings. The largest absolute Gasteiger partial charge is 0.464 e. The summed E-state index contributed by atoms with van der Waals surface area (Å²) in [6, 6.07) is 5.16. The number of ether oxygens (including phenoxy) is 2. The monoisotopic (exact) mass is 424 g/mol. The number of carbonyl (C=O) groups excluding carboxylic acids is 2. The molecule has 0 aliphatic carbocycles. The van der Waals surface area contributed by atoms with Gasteiger partial charge in [0, 0.05) is 22.6 Å². The van der Waals surface area contributed by atoms with E-state index < -0.39 is 11.6 Å². The van der Waals surface area contributed by atoms with Crippen LogP contribution in [0.2, 0.25) is 0 Å². The van der Waals surface area contributed by atoms with Crippen LogP contribution in [0.1, 0.15) is 45.7 Å². The maximum atomic E-state index is 12.8. The SMILES string of the molecule is CCOC(=O)[C@H]1Nc2ccc(Br)cc2[C@H]2[C@@H]1CCN2C(=O)OC(C)(C)C. The van der Waals surface area contributed by atoms with Gasteiger partial charge >= 0.3 is 12.1 Å². The molecule has 1 aromatic carbocycles. The van der Waals surface area contributed by atoms with Crippen LogP contribution in [0.25, 0.3) is 0 Å².